The third kappa shape index (κ3) is 4.72. The molecule has 4 N–H and O–H groups in total. The predicted octanol–water partition coefficient (Wildman–Crippen LogP) is 4.18. The summed E-state index contributed by atoms with van der Waals surface area (Å²) in [6.07, 6.45) is 1.06. The van der Waals surface area contributed by atoms with Crippen molar-refractivity contribution in [1.29, 1.82) is 0 Å². The topological polar surface area (TPSA) is 65.2 Å². The Bertz CT molecular complexity index is 804. The zero-order valence-corrected chi connectivity index (χ0v) is 16.0. The molecule has 0 saturated carbocycles. The van der Waals surface area contributed by atoms with Gasteiger partial charge in [-0.2, -0.15) is 0 Å². The molecule has 7 heteroatoms. The quantitative estimate of drug-likeness (QED) is 0.591. The van der Waals surface area contributed by atoms with Crippen molar-refractivity contribution in [3.05, 3.63) is 53.1 Å². The first-order valence-electron chi connectivity index (χ1n) is 8.47. The Morgan fingerprint density at radius 1 is 1.12 bits per heavy atom. The van der Waals surface area contributed by atoms with Crippen molar-refractivity contribution in [3.63, 3.8) is 0 Å². The average molecular weight is 389 g/mol. The van der Waals surface area contributed by atoms with Crippen molar-refractivity contribution < 1.29 is 4.79 Å². The highest BCUT2D eigenvalue weighted by Gasteiger charge is 2.22. The highest BCUT2D eigenvalue weighted by atomic mass is 35.5. The van der Waals surface area contributed by atoms with Crippen molar-refractivity contribution >= 4 is 51.9 Å². The van der Waals surface area contributed by atoms with E-state index in [1.165, 1.54) is 6.92 Å². The molecule has 2 aromatic carbocycles. The second kappa shape index (κ2) is 8.49. The van der Waals surface area contributed by atoms with Gasteiger partial charge in [0.2, 0.25) is 5.91 Å². The molecule has 1 aliphatic heterocycles. The molecule has 0 bridgehead atoms. The average Bonchev–Trinajstić information content (AvgIpc) is 3.10. The molecular formula is C19H21ClN4OS. The summed E-state index contributed by atoms with van der Waals surface area (Å²) in [5.41, 5.74) is 3.61. The van der Waals surface area contributed by atoms with E-state index in [1.54, 1.807) is 0 Å². The molecule has 1 fully saturated rings. The molecule has 0 aliphatic carbocycles. The first kappa shape index (κ1) is 18.6. The maximum absolute atomic E-state index is 11.1. The molecule has 1 unspecified atom stereocenters. The van der Waals surface area contributed by atoms with E-state index in [9.17, 15) is 4.79 Å². The highest BCUT2D eigenvalue weighted by Crippen LogP contribution is 2.35. The van der Waals surface area contributed by atoms with Gasteiger partial charge in [-0.25, -0.2) is 0 Å². The van der Waals surface area contributed by atoms with E-state index in [4.69, 9.17) is 23.8 Å². The van der Waals surface area contributed by atoms with Crippen molar-refractivity contribution in [2.24, 2.45) is 0 Å². The molecule has 1 atom stereocenters. The largest absolute Gasteiger partial charge is 0.332 e. The number of carbonyl (C=O) groups is 1. The third-order valence-corrected chi connectivity index (χ3v) is 4.77. The molecule has 2 aromatic rings. The molecule has 0 aromatic heterocycles. The van der Waals surface area contributed by atoms with E-state index in [0.29, 0.717) is 11.0 Å². The third-order valence-electron chi connectivity index (χ3n) is 4.23. The van der Waals surface area contributed by atoms with Gasteiger partial charge in [0.1, 0.15) is 0 Å². The van der Waals surface area contributed by atoms with Gasteiger partial charge in [0.25, 0.3) is 0 Å². The summed E-state index contributed by atoms with van der Waals surface area (Å²) >= 11 is 11.9. The summed E-state index contributed by atoms with van der Waals surface area (Å²) in [5, 5.41) is 13.8. The number of thiocarbonyl (C=S) groups is 1. The second-order valence-electron chi connectivity index (χ2n) is 6.23. The van der Waals surface area contributed by atoms with Crippen LogP contribution in [0.2, 0.25) is 5.02 Å². The molecule has 1 aliphatic rings. The van der Waals surface area contributed by atoms with Gasteiger partial charge in [-0.15, -0.1) is 0 Å². The molecule has 136 valence electrons. The van der Waals surface area contributed by atoms with E-state index in [1.807, 2.05) is 42.5 Å². The van der Waals surface area contributed by atoms with E-state index in [0.717, 1.165) is 47.2 Å². The normalized spacial score (nSPS) is 16.2. The van der Waals surface area contributed by atoms with Crippen LogP contribution in [-0.2, 0) is 4.79 Å². The summed E-state index contributed by atoms with van der Waals surface area (Å²) in [4.78, 5) is 11.1. The molecule has 3 rings (SSSR count). The summed E-state index contributed by atoms with van der Waals surface area (Å²) in [6, 6.07) is 13.2. The van der Waals surface area contributed by atoms with Crippen molar-refractivity contribution in [2.75, 3.05) is 29.0 Å². The molecular weight excluding hydrogens is 368 g/mol. The Balaban J connectivity index is 1.68. The van der Waals surface area contributed by atoms with E-state index in [-0.39, 0.29) is 5.91 Å². The smallest absolute Gasteiger partial charge is 0.221 e. The van der Waals surface area contributed by atoms with E-state index < -0.39 is 0 Å². The van der Waals surface area contributed by atoms with Crippen LogP contribution in [0.5, 0.6) is 0 Å². The van der Waals surface area contributed by atoms with Gasteiger partial charge in [-0.05, 0) is 67.1 Å². The van der Waals surface area contributed by atoms with Crippen LogP contribution in [-0.4, -0.2) is 24.1 Å². The summed E-state index contributed by atoms with van der Waals surface area (Å²) < 4.78 is 0. The van der Waals surface area contributed by atoms with E-state index >= 15 is 0 Å². The van der Waals surface area contributed by atoms with Crippen LogP contribution >= 0.6 is 23.8 Å². The number of hydrogen-bond donors (Lipinski definition) is 4. The number of rotatable bonds is 4. The molecule has 1 amide bonds. The molecule has 0 radical (unpaired) electrons. The fourth-order valence-electron chi connectivity index (χ4n) is 3.09. The van der Waals surface area contributed by atoms with Crippen LogP contribution in [0, 0.1) is 0 Å². The van der Waals surface area contributed by atoms with Crippen molar-refractivity contribution in [2.45, 2.75) is 19.3 Å². The number of benzene rings is 2. The Labute approximate surface area is 163 Å². The predicted molar refractivity (Wildman–Crippen MR) is 112 cm³/mol. The molecule has 1 heterocycles. The second-order valence-corrected chi connectivity index (χ2v) is 7.04. The Hall–Kier alpha value is -2.15. The minimum Gasteiger partial charge on any atom is -0.332 e. The fourth-order valence-corrected chi connectivity index (χ4v) is 3.64. The number of halogens is 1. The summed E-state index contributed by atoms with van der Waals surface area (Å²) in [7, 11) is 0. The highest BCUT2D eigenvalue weighted by molar-refractivity contribution is 7.80. The minimum absolute atomic E-state index is 0.0993. The minimum atomic E-state index is -0.0993. The maximum atomic E-state index is 11.1. The van der Waals surface area contributed by atoms with Gasteiger partial charge in [0.15, 0.2) is 5.11 Å². The lowest BCUT2D eigenvalue weighted by atomic mass is 9.96. The van der Waals surface area contributed by atoms with E-state index in [2.05, 4.69) is 21.3 Å². The monoisotopic (exact) mass is 388 g/mol. The van der Waals surface area contributed by atoms with Crippen LogP contribution in [0.25, 0.3) is 0 Å². The van der Waals surface area contributed by atoms with Crippen LogP contribution < -0.4 is 21.3 Å². The number of anilines is 3. The zero-order valence-electron chi connectivity index (χ0n) is 14.4. The Morgan fingerprint density at radius 3 is 2.42 bits per heavy atom. The summed E-state index contributed by atoms with van der Waals surface area (Å²) in [6.45, 7) is 3.40. The number of carbonyl (C=O) groups excluding carboxylic acids is 1. The standard InChI is InChI=1S/C19H21ClN4OS/c1-12(25)22-14-5-7-15(8-6-14)23-19(26)24-17-4-2-3-16(20)18(17)13-9-10-21-11-13/h2-8,13,21H,9-11H2,1H3,(H,22,25)(H2,23,24,26). The van der Waals surface area contributed by atoms with Crippen molar-refractivity contribution in [1.82, 2.24) is 5.32 Å². The number of hydrogen-bond acceptors (Lipinski definition) is 3. The van der Waals surface area contributed by atoms with Gasteiger partial charge in [-0.3, -0.25) is 4.79 Å². The van der Waals surface area contributed by atoms with Gasteiger partial charge < -0.3 is 21.3 Å². The zero-order chi connectivity index (χ0) is 18.5. The SMILES string of the molecule is CC(=O)Nc1ccc(NC(=S)Nc2cccc(Cl)c2C2CCNC2)cc1. The Morgan fingerprint density at radius 2 is 1.81 bits per heavy atom. The molecule has 1 saturated heterocycles. The van der Waals surface area contributed by atoms with Gasteiger partial charge >= 0.3 is 0 Å². The van der Waals surface area contributed by atoms with Gasteiger partial charge in [-0.1, -0.05) is 17.7 Å². The number of amides is 1. The molecule has 0 spiro atoms. The molecule has 5 nitrogen and oxygen atoms in total. The lowest BCUT2D eigenvalue weighted by molar-refractivity contribution is -0.114. The lowest BCUT2D eigenvalue weighted by Crippen LogP contribution is -2.21. The maximum Gasteiger partial charge on any atom is 0.221 e. The fraction of sp³-hybridized carbons (Fsp3) is 0.263. The summed E-state index contributed by atoms with van der Waals surface area (Å²) in [5.74, 6) is 0.281. The first-order valence-corrected chi connectivity index (χ1v) is 9.26. The lowest BCUT2D eigenvalue weighted by Gasteiger charge is -2.19. The van der Waals surface area contributed by atoms with Crippen LogP contribution in [0.15, 0.2) is 42.5 Å². The molecule has 26 heavy (non-hydrogen) atoms. The number of nitrogens with one attached hydrogen (secondary N) is 4. The van der Waals surface area contributed by atoms with Gasteiger partial charge in [0, 0.05) is 41.5 Å². The van der Waals surface area contributed by atoms with Crippen LogP contribution in [0.4, 0.5) is 17.1 Å². The Kier molecular flexibility index (Phi) is 6.08. The van der Waals surface area contributed by atoms with Crippen LogP contribution in [0.1, 0.15) is 24.8 Å². The van der Waals surface area contributed by atoms with Crippen LogP contribution in [0.3, 0.4) is 0 Å². The first-order chi connectivity index (χ1) is 12.5. The van der Waals surface area contributed by atoms with Crippen molar-refractivity contribution in [3.8, 4) is 0 Å². The van der Waals surface area contributed by atoms with Gasteiger partial charge in [0.05, 0.1) is 0 Å².